The van der Waals surface area contributed by atoms with Crippen molar-refractivity contribution in [2.45, 2.75) is 34.1 Å². The molecule has 0 unspecified atom stereocenters. The molecule has 11 nitrogen and oxygen atoms in total. The number of anilines is 4. The van der Waals surface area contributed by atoms with Gasteiger partial charge in [0.15, 0.2) is 0 Å². The molecule has 2 amide bonds. The number of rotatable bonds is 14. The number of para-hydroxylation sites is 1. The van der Waals surface area contributed by atoms with Crippen LogP contribution in [0.15, 0.2) is 72.9 Å². The molecule has 4 rings (SSSR count). The predicted molar refractivity (Wildman–Crippen MR) is 180 cm³/mol. The van der Waals surface area contributed by atoms with Crippen molar-refractivity contribution >= 4 is 35.0 Å². The zero-order valence-electron chi connectivity index (χ0n) is 27.3. The van der Waals surface area contributed by atoms with Crippen molar-refractivity contribution in [1.29, 1.82) is 0 Å². The second kappa shape index (κ2) is 16.2. The highest BCUT2D eigenvalue weighted by atomic mass is 16.6. The van der Waals surface area contributed by atoms with Gasteiger partial charge in [-0.25, -0.2) is 14.7 Å². The van der Waals surface area contributed by atoms with E-state index in [2.05, 4.69) is 39.3 Å². The molecule has 0 aliphatic rings. The predicted octanol–water partition coefficient (Wildman–Crippen LogP) is 6.65. The van der Waals surface area contributed by atoms with Gasteiger partial charge in [0, 0.05) is 36.1 Å². The monoisotopic (exact) mass is 626 g/mol. The lowest BCUT2D eigenvalue weighted by Crippen LogP contribution is -2.31. The topological polar surface area (TPSA) is 118 Å². The molecule has 0 fully saturated rings. The zero-order valence-corrected chi connectivity index (χ0v) is 27.3. The van der Waals surface area contributed by atoms with Crippen molar-refractivity contribution in [3.05, 3.63) is 89.6 Å². The lowest BCUT2D eigenvalue weighted by atomic mass is 10.1. The Bertz CT molecular complexity index is 1600. The number of carbonyl (C=O) groups is 2. The van der Waals surface area contributed by atoms with Gasteiger partial charge in [-0.05, 0) is 87.4 Å². The molecule has 3 aromatic carbocycles. The van der Waals surface area contributed by atoms with Crippen LogP contribution >= 0.6 is 0 Å². The van der Waals surface area contributed by atoms with E-state index < -0.39 is 6.09 Å². The Kier molecular flexibility index (Phi) is 11.9. The first-order chi connectivity index (χ1) is 22.3. The standard InChI is InChI=1S/C35H42N6O5/c1-7-40(8-2)22-10-20-36-33(42)26-13-15-27(16-14-26)38-34-37-21-19-31(39-34)46-35(43)41(32-24(3)11-9-12-25(32)4)29-18-17-28(44-5)23-30(29)45-6/h9,11-19,21,23H,7-8,10,20,22H2,1-6H3,(H,36,42)(H,37,38,39). The third-order valence-electron chi connectivity index (χ3n) is 7.53. The van der Waals surface area contributed by atoms with Gasteiger partial charge in [-0.15, -0.1) is 0 Å². The van der Waals surface area contributed by atoms with Crippen LogP contribution in [0.1, 0.15) is 41.8 Å². The molecule has 1 aromatic heterocycles. The van der Waals surface area contributed by atoms with Crippen LogP contribution in [0.5, 0.6) is 17.4 Å². The molecule has 0 saturated heterocycles. The number of ether oxygens (including phenoxy) is 3. The minimum Gasteiger partial charge on any atom is -0.497 e. The van der Waals surface area contributed by atoms with E-state index in [0.29, 0.717) is 40.7 Å². The second-order valence-electron chi connectivity index (χ2n) is 10.5. The van der Waals surface area contributed by atoms with E-state index in [1.165, 1.54) is 24.3 Å². The van der Waals surface area contributed by atoms with Gasteiger partial charge in [0.25, 0.3) is 5.91 Å². The summed E-state index contributed by atoms with van der Waals surface area (Å²) in [5, 5.41) is 6.08. The van der Waals surface area contributed by atoms with Gasteiger partial charge in [0.1, 0.15) is 11.5 Å². The zero-order chi connectivity index (χ0) is 33.1. The first kappa shape index (κ1) is 33.7. The van der Waals surface area contributed by atoms with Crippen LogP contribution in [0.4, 0.5) is 27.8 Å². The summed E-state index contributed by atoms with van der Waals surface area (Å²) in [6, 6.07) is 19.5. The van der Waals surface area contributed by atoms with Gasteiger partial charge in [0.2, 0.25) is 11.8 Å². The van der Waals surface area contributed by atoms with Crippen LogP contribution < -0.4 is 29.7 Å². The lowest BCUT2D eigenvalue weighted by Gasteiger charge is -2.27. The molecule has 0 aliphatic carbocycles. The van der Waals surface area contributed by atoms with E-state index in [1.54, 1.807) is 49.6 Å². The average Bonchev–Trinajstić information content (AvgIpc) is 3.06. The Morgan fingerprint density at radius 2 is 1.61 bits per heavy atom. The molecule has 0 aliphatic heterocycles. The number of carbonyl (C=O) groups excluding carboxylic acids is 2. The lowest BCUT2D eigenvalue weighted by molar-refractivity contribution is 0.0951. The molecule has 0 spiro atoms. The molecule has 4 aromatic rings. The number of methoxy groups -OCH3 is 2. The van der Waals surface area contributed by atoms with Crippen molar-refractivity contribution < 1.29 is 23.8 Å². The average molecular weight is 627 g/mol. The van der Waals surface area contributed by atoms with E-state index in [0.717, 1.165) is 37.2 Å². The highest BCUT2D eigenvalue weighted by Crippen LogP contribution is 2.39. The molecule has 242 valence electrons. The molecule has 1 heterocycles. The molecular weight excluding hydrogens is 584 g/mol. The molecule has 0 atom stereocenters. The van der Waals surface area contributed by atoms with Crippen molar-refractivity contribution in [3.8, 4) is 17.4 Å². The van der Waals surface area contributed by atoms with Gasteiger partial charge in [0.05, 0.1) is 25.6 Å². The minimum absolute atomic E-state index is 0.0481. The fourth-order valence-corrected chi connectivity index (χ4v) is 5.01. The second-order valence-corrected chi connectivity index (χ2v) is 10.5. The normalized spacial score (nSPS) is 10.8. The summed E-state index contributed by atoms with van der Waals surface area (Å²) >= 11 is 0. The number of aromatic nitrogens is 2. The molecule has 0 radical (unpaired) electrons. The summed E-state index contributed by atoms with van der Waals surface area (Å²) in [6.45, 7) is 11.7. The number of hydrogen-bond donors (Lipinski definition) is 2. The van der Waals surface area contributed by atoms with Crippen LogP contribution in [-0.4, -0.2) is 67.3 Å². The minimum atomic E-state index is -0.682. The quantitative estimate of drug-likeness (QED) is 0.148. The van der Waals surface area contributed by atoms with E-state index in [1.807, 2.05) is 32.0 Å². The fourth-order valence-electron chi connectivity index (χ4n) is 5.01. The Morgan fingerprint density at radius 1 is 0.891 bits per heavy atom. The first-order valence-corrected chi connectivity index (χ1v) is 15.3. The van der Waals surface area contributed by atoms with Crippen LogP contribution in [0.3, 0.4) is 0 Å². The maximum absolute atomic E-state index is 13.9. The molecule has 11 heteroatoms. The van der Waals surface area contributed by atoms with E-state index in [4.69, 9.17) is 14.2 Å². The van der Waals surface area contributed by atoms with Crippen LogP contribution in [0.2, 0.25) is 0 Å². The maximum atomic E-state index is 13.9. The smallest absolute Gasteiger partial charge is 0.425 e. The molecule has 0 bridgehead atoms. The molecule has 0 saturated carbocycles. The van der Waals surface area contributed by atoms with Crippen molar-refractivity contribution in [1.82, 2.24) is 20.2 Å². The summed E-state index contributed by atoms with van der Waals surface area (Å²) in [5.41, 5.74) is 4.11. The van der Waals surface area contributed by atoms with E-state index in [9.17, 15) is 9.59 Å². The third-order valence-corrected chi connectivity index (χ3v) is 7.53. The van der Waals surface area contributed by atoms with Crippen molar-refractivity contribution in [2.75, 3.05) is 50.6 Å². The molecule has 2 N–H and O–H groups in total. The summed E-state index contributed by atoms with van der Waals surface area (Å²) in [6.07, 6.45) is 1.70. The van der Waals surface area contributed by atoms with Gasteiger partial charge in [-0.1, -0.05) is 32.0 Å². The Morgan fingerprint density at radius 3 is 2.26 bits per heavy atom. The van der Waals surface area contributed by atoms with Crippen LogP contribution in [-0.2, 0) is 0 Å². The van der Waals surface area contributed by atoms with Crippen molar-refractivity contribution in [2.24, 2.45) is 0 Å². The summed E-state index contributed by atoms with van der Waals surface area (Å²) in [7, 11) is 3.09. The fraction of sp³-hybridized carbons (Fsp3) is 0.314. The van der Waals surface area contributed by atoms with Gasteiger partial charge >= 0.3 is 6.09 Å². The Labute approximate surface area is 270 Å². The Balaban J connectivity index is 1.48. The van der Waals surface area contributed by atoms with Crippen LogP contribution in [0.25, 0.3) is 0 Å². The van der Waals surface area contributed by atoms with Gasteiger partial charge in [-0.3, -0.25) is 4.79 Å². The third kappa shape index (κ3) is 8.51. The number of aryl methyl sites for hydroxylation is 2. The molecule has 46 heavy (non-hydrogen) atoms. The number of hydrogen-bond acceptors (Lipinski definition) is 9. The van der Waals surface area contributed by atoms with E-state index in [-0.39, 0.29) is 17.7 Å². The molecular formula is C35H42N6O5. The first-order valence-electron chi connectivity index (χ1n) is 15.3. The number of amides is 2. The number of benzene rings is 3. The largest absolute Gasteiger partial charge is 0.497 e. The SMILES string of the molecule is CCN(CC)CCCNC(=O)c1ccc(Nc2nccc(OC(=O)N(c3ccc(OC)cc3OC)c3c(C)cccc3C)n2)cc1. The number of nitrogens with one attached hydrogen (secondary N) is 2. The summed E-state index contributed by atoms with van der Waals surface area (Å²) in [4.78, 5) is 38.9. The summed E-state index contributed by atoms with van der Waals surface area (Å²) in [5.74, 6) is 1.16. The highest BCUT2D eigenvalue weighted by Gasteiger charge is 2.27. The maximum Gasteiger partial charge on any atom is 0.425 e. The van der Waals surface area contributed by atoms with Crippen LogP contribution in [0, 0.1) is 13.8 Å². The number of nitrogens with zero attached hydrogens (tertiary/aromatic N) is 4. The van der Waals surface area contributed by atoms with Crippen molar-refractivity contribution in [3.63, 3.8) is 0 Å². The Hall–Kier alpha value is -5.16. The van der Waals surface area contributed by atoms with Gasteiger partial charge < -0.3 is 29.7 Å². The van der Waals surface area contributed by atoms with Gasteiger partial charge in [-0.2, -0.15) is 4.98 Å². The summed E-state index contributed by atoms with van der Waals surface area (Å²) < 4.78 is 16.8. The van der Waals surface area contributed by atoms with E-state index >= 15 is 0 Å². The highest BCUT2D eigenvalue weighted by molar-refractivity contribution is 6.00.